The van der Waals surface area contributed by atoms with E-state index < -0.39 is 0 Å². The molecular formula is C12H14N2O. The highest BCUT2D eigenvalue weighted by Crippen LogP contribution is 2.14. The summed E-state index contributed by atoms with van der Waals surface area (Å²) in [6, 6.07) is 9.85. The van der Waals surface area contributed by atoms with Crippen molar-refractivity contribution in [2.45, 2.75) is 19.9 Å². The minimum atomic E-state index is 0.0381. The van der Waals surface area contributed by atoms with Gasteiger partial charge in [0.1, 0.15) is 0 Å². The third kappa shape index (κ3) is 1.73. The van der Waals surface area contributed by atoms with Crippen LogP contribution in [0.2, 0.25) is 0 Å². The van der Waals surface area contributed by atoms with E-state index >= 15 is 0 Å². The van der Waals surface area contributed by atoms with Crippen LogP contribution in [-0.4, -0.2) is 9.78 Å². The molecule has 0 spiro atoms. The van der Waals surface area contributed by atoms with Gasteiger partial charge in [-0.15, -0.1) is 0 Å². The maximum absolute atomic E-state index is 11.9. The smallest absolute Gasteiger partial charge is 0.274 e. The molecule has 1 aromatic heterocycles. The number of benzene rings is 1. The Bertz CT molecular complexity index is 494. The Labute approximate surface area is 88.4 Å². The molecule has 0 atom stereocenters. The number of aromatic amines is 1. The highest BCUT2D eigenvalue weighted by molar-refractivity contribution is 5.61. The summed E-state index contributed by atoms with van der Waals surface area (Å²) in [6.45, 7) is 3.96. The highest BCUT2D eigenvalue weighted by atomic mass is 16.1. The average molecular weight is 202 g/mol. The van der Waals surface area contributed by atoms with Gasteiger partial charge in [-0.05, 0) is 19.4 Å². The Hall–Kier alpha value is -1.77. The summed E-state index contributed by atoms with van der Waals surface area (Å²) in [5, 5.41) is 2.98. The van der Waals surface area contributed by atoms with Gasteiger partial charge in [-0.1, -0.05) is 30.3 Å². The van der Waals surface area contributed by atoms with Gasteiger partial charge < -0.3 is 5.10 Å². The van der Waals surface area contributed by atoms with Crippen LogP contribution in [0.25, 0.3) is 11.1 Å². The SMILES string of the molecule is CC(C)n1[nH]cc(-c2ccccc2)c1=O. The standard InChI is InChI=1S/C12H14N2O/c1-9(2)14-12(15)11(8-13-14)10-6-4-3-5-7-10/h3-9,13H,1-2H3. The predicted octanol–water partition coefficient (Wildman–Crippen LogP) is 2.42. The van der Waals surface area contributed by atoms with Crippen molar-refractivity contribution in [3.63, 3.8) is 0 Å². The number of hydrogen-bond donors (Lipinski definition) is 1. The van der Waals surface area contributed by atoms with E-state index in [9.17, 15) is 4.79 Å². The van der Waals surface area contributed by atoms with Crippen LogP contribution in [0.15, 0.2) is 41.3 Å². The van der Waals surface area contributed by atoms with Crippen molar-refractivity contribution in [3.05, 3.63) is 46.9 Å². The monoisotopic (exact) mass is 202 g/mol. The van der Waals surface area contributed by atoms with E-state index in [1.54, 1.807) is 10.9 Å². The van der Waals surface area contributed by atoms with Crippen molar-refractivity contribution in [1.29, 1.82) is 0 Å². The number of rotatable bonds is 2. The fourth-order valence-corrected chi connectivity index (χ4v) is 1.59. The molecule has 0 unspecified atom stereocenters. The van der Waals surface area contributed by atoms with Crippen LogP contribution in [0.5, 0.6) is 0 Å². The Balaban J connectivity index is 2.52. The lowest BCUT2D eigenvalue weighted by molar-refractivity contribution is 0.517. The van der Waals surface area contributed by atoms with E-state index in [4.69, 9.17) is 0 Å². The molecule has 0 saturated heterocycles. The van der Waals surface area contributed by atoms with Crippen LogP contribution in [0.1, 0.15) is 19.9 Å². The molecule has 15 heavy (non-hydrogen) atoms. The van der Waals surface area contributed by atoms with Crippen molar-refractivity contribution in [2.24, 2.45) is 0 Å². The third-order valence-corrected chi connectivity index (χ3v) is 2.40. The summed E-state index contributed by atoms with van der Waals surface area (Å²) < 4.78 is 1.63. The molecule has 0 aliphatic rings. The number of nitrogens with one attached hydrogen (secondary N) is 1. The van der Waals surface area contributed by atoms with Crippen LogP contribution >= 0.6 is 0 Å². The van der Waals surface area contributed by atoms with Gasteiger partial charge in [0.15, 0.2) is 0 Å². The lowest BCUT2D eigenvalue weighted by Crippen LogP contribution is -2.19. The first-order valence-corrected chi connectivity index (χ1v) is 5.05. The van der Waals surface area contributed by atoms with Gasteiger partial charge in [0.05, 0.1) is 5.56 Å². The summed E-state index contributed by atoms with van der Waals surface area (Å²) >= 11 is 0. The van der Waals surface area contributed by atoms with Gasteiger partial charge in [-0.2, -0.15) is 0 Å². The molecule has 3 heteroatoms. The third-order valence-electron chi connectivity index (χ3n) is 2.40. The van der Waals surface area contributed by atoms with Crippen LogP contribution in [-0.2, 0) is 0 Å². The molecule has 2 aromatic rings. The molecule has 78 valence electrons. The summed E-state index contributed by atoms with van der Waals surface area (Å²) in [5.74, 6) is 0. The molecule has 0 amide bonds. The van der Waals surface area contributed by atoms with E-state index in [1.807, 2.05) is 44.2 Å². The molecule has 0 aliphatic carbocycles. The van der Waals surface area contributed by atoms with Crippen LogP contribution in [0.4, 0.5) is 0 Å². The number of aromatic nitrogens is 2. The first-order valence-electron chi connectivity index (χ1n) is 5.05. The summed E-state index contributed by atoms with van der Waals surface area (Å²) in [7, 11) is 0. The van der Waals surface area contributed by atoms with Gasteiger partial charge in [0.2, 0.25) is 0 Å². The normalized spacial score (nSPS) is 10.9. The zero-order valence-electron chi connectivity index (χ0n) is 8.90. The lowest BCUT2D eigenvalue weighted by Gasteiger charge is -2.03. The largest absolute Gasteiger partial charge is 0.302 e. The minimum absolute atomic E-state index is 0.0381. The second-order valence-corrected chi connectivity index (χ2v) is 3.82. The van der Waals surface area contributed by atoms with Crippen LogP contribution < -0.4 is 5.56 Å². The summed E-state index contributed by atoms with van der Waals surface area (Å²) in [5.41, 5.74) is 1.72. The van der Waals surface area contributed by atoms with Crippen LogP contribution in [0, 0.1) is 0 Å². The molecule has 0 bridgehead atoms. The molecule has 0 radical (unpaired) electrons. The van der Waals surface area contributed by atoms with E-state index in [1.165, 1.54) is 0 Å². The second-order valence-electron chi connectivity index (χ2n) is 3.82. The van der Waals surface area contributed by atoms with Gasteiger partial charge in [0, 0.05) is 12.2 Å². The zero-order valence-corrected chi connectivity index (χ0v) is 8.90. The molecule has 1 N–H and O–H groups in total. The number of H-pyrrole nitrogens is 1. The second kappa shape index (κ2) is 3.77. The van der Waals surface area contributed by atoms with Gasteiger partial charge in [-0.3, -0.25) is 9.48 Å². The molecule has 1 heterocycles. The Morgan fingerprint density at radius 3 is 2.40 bits per heavy atom. The maximum Gasteiger partial charge on any atom is 0.274 e. The highest BCUT2D eigenvalue weighted by Gasteiger charge is 2.09. The topological polar surface area (TPSA) is 37.8 Å². The number of hydrogen-bond acceptors (Lipinski definition) is 1. The van der Waals surface area contributed by atoms with Gasteiger partial charge in [-0.25, -0.2) is 0 Å². The summed E-state index contributed by atoms with van der Waals surface area (Å²) in [6.07, 6.45) is 1.76. The Morgan fingerprint density at radius 1 is 1.20 bits per heavy atom. The molecule has 1 aromatic carbocycles. The first-order chi connectivity index (χ1) is 7.20. The first kappa shape index (κ1) is 9.77. The molecule has 0 fully saturated rings. The van der Waals surface area contributed by atoms with E-state index in [2.05, 4.69) is 5.10 Å². The molecule has 2 rings (SSSR count). The van der Waals surface area contributed by atoms with E-state index in [-0.39, 0.29) is 11.6 Å². The van der Waals surface area contributed by atoms with Crippen molar-refractivity contribution >= 4 is 0 Å². The molecular weight excluding hydrogens is 188 g/mol. The average Bonchev–Trinajstić information content (AvgIpc) is 2.61. The lowest BCUT2D eigenvalue weighted by atomic mass is 10.1. The Morgan fingerprint density at radius 2 is 1.87 bits per heavy atom. The Kier molecular flexibility index (Phi) is 2.46. The minimum Gasteiger partial charge on any atom is -0.302 e. The maximum atomic E-state index is 11.9. The number of nitrogens with zero attached hydrogens (tertiary/aromatic N) is 1. The van der Waals surface area contributed by atoms with Crippen molar-refractivity contribution in [2.75, 3.05) is 0 Å². The fourth-order valence-electron chi connectivity index (χ4n) is 1.59. The van der Waals surface area contributed by atoms with Gasteiger partial charge in [0.25, 0.3) is 5.56 Å². The van der Waals surface area contributed by atoms with Crippen LogP contribution in [0.3, 0.4) is 0 Å². The van der Waals surface area contributed by atoms with Crippen molar-refractivity contribution in [3.8, 4) is 11.1 Å². The van der Waals surface area contributed by atoms with Gasteiger partial charge >= 0.3 is 0 Å². The van der Waals surface area contributed by atoms with Crippen molar-refractivity contribution < 1.29 is 0 Å². The quantitative estimate of drug-likeness (QED) is 0.798. The predicted molar refractivity (Wildman–Crippen MR) is 60.9 cm³/mol. The zero-order chi connectivity index (χ0) is 10.8. The van der Waals surface area contributed by atoms with Crippen molar-refractivity contribution in [1.82, 2.24) is 9.78 Å². The summed E-state index contributed by atoms with van der Waals surface area (Å²) in [4.78, 5) is 11.9. The van der Waals surface area contributed by atoms with E-state index in [0.717, 1.165) is 11.1 Å². The molecule has 0 aliphatic heterocycles. The molecule has 3 nitrogen and oxygen atoms in total. The molecule has 0 saturated carbocycles. The fraction of sp³-hybridized carbons (Fsp3) is 0.250. The van der Waals surface area contributed by atoms with E-state index in [0.29, 0.717) is 0 Å².